The van der Waals surface area contributed by atoms with Gasteiger partial charge in [-0.2, -0.15) is 5.10 Å². The summed E-state index contributed by atoms with van der Waals surface area (Å²) >= 11 is 0. The quantitative estimate of drug-likeness (QED) is 0.240. The summed E-state index contributed by atoms with van der Waals surface area (Å²) in [6.07, 6.45) is 14.5. The molecule has 1 saturated heterocycles. The van der Waals surface area contributed by atoms with E-state index in [2.05, 4.69) is 62.9 Å². The third-order valence-electron chi connectivity index (χ3n) is 12.3. The van der Waals surface area contributed by atoms with Gasteiger partial charge in [-0.25, -0.2) is 14.8 Å². The Labute approximate surface area is 296 Å². The lowest BCUT2D eigenvalue weighted by atomic mass is 9.51. The number of ether oxygens (including phenoxy) is 2. The van der Waals surface area contributed by atoms with E-state index in [0.717, 1.165) is 68.6 Å². The molecule has 10 heteroatoms. The molecule has 3 aromatic rings. The molecular formula is C40H54N6O4. The highest BCUT2D eigenvalue weighted by Crippen LogP contribution is 2.58. The molecule has 10 nitrogen and oxygen atoms in total. The number of aryl methyl sites for hydroxylation is 1. The smallest absolute Gasteiger partial charge is 0.410 e. The van der Waals surface area contributed by atoms with E-state index in [-0.39, 0.29) is 40.4 Å². The molecule has 0 spiro atoms. The van der Waals surface area contributed by atoms with Crippen molar-refractivity contribution in [3.05, 3.63) is 54.1 Å². The van der Waals surface area contributed by atoms with Gasteiger partial charge in [0.2, 0.25) is 5.91 Å². The van der Waals surface area contributed by atoms with E-state index in [9.17, 15) is 9.59 Å². The summed E-state index contributed by atoms with van der Waals surface area (Å²) in [5, 5.41) is 4.60. The zero-order valence-corrected chi connectivity index (χ0v) is 30.8. The standard InChI is InChI=1S/C40H54N6O4/c1-27-22-44(23-27)37(48)50-32-10-7-29(8-11-32)36(47)45(35-20-33(41-26-42-35)30-21-43-46(24-30)38(3,4)5)25-39-13-16-40(17-14-39,18-15-39)31-9-12-34(49-6)28(2)19-31/h9,12,19-21,24,26-27,29,32H,7-8,10-11,13-18,22-23,25H2,1-6H3. The van der Waals surface area contributed by atoms with Crippen LogP contribution in [0.4, 0.5) is 10.6 Å². The summed E-state index contributed by atoms with van der Waals surface area (Å²) in [6.45, 7) is 12.8. The second-order valence-electron chi connectivity index (χ2n) is 16.9. The highest BCUT2D eigenvalue weighted by atomic mass is 16.6. The normalized spacial score (nSPS) is 26.7. The van der Waals surface area contributed by atoms with Gasteiger partial charge in [0.15, 0.2) is 0 Å². The van der Waals surface area contributed by atoms with Crippen molar-refractivity contribution < 1.29 is 19.1 Å². The molecule has 268 valence electrons. The van der Waals surface area contributed by atoms with Crippen molar-refractivity contribution >= 4 is 17.8 Å². The van der Waals surface area contributed by atoms with E-state index >= 15 is 0 Å². The minimum Gasteiger partial charge on any atom is -0.496 e. The van der Waals surface area contributed by atoms with Gasteiger partial charge < -0.3 is 14.4 Å². The fourth-order valence-electron chi connectivity index (χ4n) is 8.94. The zero-order chi connectivity index (χ0) is 35.3. The first-order valence-corrected chi connectivity index (χ1v) is 18.7. The molecule has 2 bridgehead atoms. The molecule has 4 saturated carbocycles. The van der Waals surface area contributed by atoms with Gasteiger partial charge in [0.1, 0.15) is 24.0 Å². The number of aromatic nitrogens is 4. The number of methoxy groups -OCH3 is 1. The van der Waals surface area contributed by atoms with Crippen molar-refractivity contribution in [1.29, 1.82) is 0 Å². The van der Waals surface area contributed by atoms with Crippen LogP contribution < -0.4 is 9.64 Å². The summed E-state index contributed by atoms with van der Waals surface area (Å²) in [7, 11) is 1.73. The summed E-state index contributed by atoms with van der Waals surface area (Å²) in [5.74, 6) is 2.12. The Balaban J connectivity index is 1.10. The summed E-state index contributed by atoms with van der Waals surface area (Å²) in [5.41, 5.74) is 4.36. The lowest BCUT2D eigenvalue weighted by Gasteiger charge is -2.55. The highest BCUT2D eigenvalue weighted by molar-refractivity contribution is 5.94. The molecule has 5 aliphatic rings. The molecule has 1 aliphatic heterocycles. The van der Waals surface area contributed by atoms with Crippen molar-refractivity contribution in [2.75, 3.05) is 31.6 Å². The molecule has 0 N–H and O–H groups in total. The largest absolute Gasteiger partial charge is 0.496 e. The van der Waals surface area contributed by atoms with Gasteiger partial charge in [0.25, 0.3) is 0 Å². The van der Waals surface area contributed by atoms with E-state index in [0.29, 0.717) is 44.0 Å². The second kappa shape index (κ2) is 13.3. The Morgan fingerprint density at radius 2 is 1.68 bits per heavy atom. The number of nitrogens with zero attached hydrogens (tertiary/aromatic N) is 6. The number of fused-ring (bicyclic) bond motifs is 3. The number of amides is 2. The van der Waals surface area contributed by atoms with Gasteiger partial charge in [-0.05, 0) is 126 Å². The van der Waals surface area contributed by atoms with Gasteiger partial charge in [0, 0.05) is 43.4 Å². The summed E-state index contributed by atoms with van der Waals surface area (Å²) in [4.78, 5) is 40.4. The molecule has 8 rings (SSSR count). The van der Waals surface area contributed by atoms with Crippen molar-refractivity contribution in [1.82, 2.24) is 24.6 Å². The first-order chi connectivity index (χ1) is 23.9. The maximum absolute atomic E-state index is 14.7. The van der Waals surface area contributed by atoms with Gasteiger partial charge in [-0.3, -0.25) is 14.4 Å². The molecule has 3 heterocycles. The van der Waals surface area contributed by atoms with Crippen LogP contribution in [0.1, 0.15) is 103 Å². The predicted octanol–water partition coefficient (Wildman–Crippen LogP) is 7.68. The van der Waals surface area contributed by atoms with E-state index in [1.54, 1.807) is 18.3 Å². The Morgan fingerprint density at radius 1 is 0.980 bits per heavy atom. The number of anilines is 1. The topological polar surface area (TPSA) is 103 Å². The van der Waals surface area contributed by atoms with Gasteiger partial charge in [-0.15, -0.1) is 0 Å². The number of likely N-dealkylation sites (tertiary alicyclic amines) is 1. The van der Waals surface area contributed by atoms with E-state index in [1.165, 1.54) is 11.1 Å². The van der Waals surface area contributed by atoms with Gasteiger partial charge in [-0.1, -0.05) is 19.1 Å². The lowest BCUT2D eigenvalue weighted by molar-refractivity contribution is -0.124. The monoisotopic (exact) mass is 682 g/mol. The number of benzene rings is 1. The molecule has 0 radical (unpaired) electrons. The second-order valence-corrected chi connectivity index (χ2v) is 16.9. The Kier molecular flexibility index (Phi) is 9.18. The molecule has 0 atom stereocenters. The maximum atomic E-state index is 14.7. The third-order valence-corrected chi connectivity index (χ3v) is 12.3. The molecule has 50 heavy (non-hydrogen) atoms. The van der Waals surface area contributed by atoms with E-state index in [4.69, 9.17) is 14.5 Å². The van der Waals surface area contributed by atoms with Crippen LogP contribution in [-0.4, -0.2) is 69.5 Å². The zero-order valence-electron chi connectivity index (χ0n) is 30.8. The lowest BCUT2D eigenvalue weighted by Crippen LogP contribution is -2.52. The van der Waals surface area contributed by atoms with Crippen molar-refractivity contribution in [3.63, 3.8) is 0 Å². The minimum absolute atomic E-state index is 0.0439. The van der Waals surface area contributed by atoms with Crippen LogP contribution in [0, 0.1) is 24.2 Å². The van der Waals surface area contributed by atoms with Crippen molar-refractivity contribution in [2.24, 2.45) is 17.3 Å². The molecule has 1 aromatic carbocycles. The number of carbonyl (C=O) groups is 2. The molecule has 2 amide bonds. The molecule has 4 aliphatic carbocycles. The van der Waals surface area contributed by atoms with Crippen LogP contribution in [0.3, 0.4) is 0 Å². The minimum atomic E-state index is -0.211. The number of hydrogen-bond donors (Lipinski definition) is 0. The van der Waals surface area contributed by atoms with Crippen LogP contribution in [0.5, 0.6) is 5.75 Å². The average Bonchev–Trinajstić information content (AvgIpc) is 3.62. The molecular weight excluding hydrogens is 628 g/mol. The highest BCUT2D eigenvalue weighted by Gasteiger charge is 2.51. The Bertz CT molecular complexity index is 1690. The Hall–Kier alpha value is -3.95. The Morgan fingerprint density at radius 3 is 2.28 bits per heavy atom. The third kappa shape index (κ3) is 6.74. The summed E-state index contributed by atoms with van der Waals surface area (Å²) < 4.78 is 13.4. The summed E-state index contributed by atoms with van der Waals surface area (Å²) in [6, 6.07) is 8.68. The van der Waals surface area contributed by atoms with Gasteiger partial charge >= 0.3 is 6.09 Å². The number of rotatable bonds is 8. The fourth-order valence-corrected chi connectivity index (χ4v) is 8.94. The number of carbonyl (C=O) groups excluding carboxylic acids is 2. The predicted molar refractivity (Wildman–Crippen MR) is 193 cm³/mol. The maximum Gasteiger partial charge on any atom is 0.410 e. The first kappa shape index (κ1) is 34.5. The van der Waals surface area contributed by atoms with Crippen LogP contribution in [0.2, 0.25) is 0 Å². The van der Waals surface area contributed by atoms with Crippen LogP contribution >= 0.6 is 0 Å². The SMILES string of the molecule is COc1ccc(C23CCC(CN(C(=O)C4CCC(OC(=O)N5CC(C)C5)CC4)c4cc(-c5cnn(C(C)(C)C)c5)ncn4)(CC2)CC3)cc1C. The van der Waals surface area contributed by atoms with E-state index in [1.807, 2.05) is 28.0 Å². The van der Waals surface area contributed by atoms with Crippen LogP contribution in [0.15, 0.2) is 43.0 Å². The van der Waals surface area contributed by atoms with Gasteiger partial charge in [0.05, 0.1) is 24.5 Å². The van der Waals surface area contributed by atoms with Crippen molar-refractivity contribution in [3.8, 4) is 17.0 Å². The number of hydrogen-bond acceptors (Lipinski definition) is 7. The molecule has 2 aromatic heterocycles. The fraction of sp³-hybridized carbons (Fsp3) is 0.625. The first-order valence-electron chi connectivity index (χ1n) is 18.7. The molecule has 0 unspecified atom stereocenters. The van der Waals surface area contributed by atoms with E-state index < -0.39 is 0 Å². The molecule has 5 fully saturated rings. The average molecular weight is 683 g/mol. The van der Waals surface area contributed by atoms with Crippen LogP contribution in [0.25, 0.3) is 11.3 Å². The van der Waals surface area contributed by atoms with Crippen molar-refractivity contribution in [2.45, 2.75) is 116 Å². The van der Waals surface area contributed by atoms with Crippen LogP contribution in [-0.2, 0) is 20.5 Å².